The topological polar surface area (TPSA) is 62.6 Å². The Morgan fingerprint density at radius 1 is 1.24 bits per heavy atom. The molecule has 25 heavy (non-hydrogen) atoms. The van der Waals surface area contributed by atoms with Crippen LogP contribution in [0.2, 0.25) is 0 Å². The number of rotatable bonds is 2. The second kappa shape index (κ2) is 6.20. The molecule has 3 aliphatic rings. The second-order valence-corrected chi connectivity index (χ2v) is 6.53. The quantitative estimate of drug-likeness (QED) is 0.792. The molecule has 1 aromatic rings. The van der Waals surface area contributed by atoms with Gasteiger partial charge in [0.2, 0.25) is 11.8 Å². The molecule has 2 amide bonds. The lowest BCUT2D eigenvalue weighted by atomic mass is 9.95. The fourth-order valence-electron chi connectivity index (χ4n) is 3.48. The summed E-state index contributed by atoms with van der Waals surface area (Å²) in [7, 11) is 1.70. The van der Waals surface area contributed by atoms with Gasteiger partial charge in [0.1, 0.15) is 12.1 Å². The van der Waals surface area contributed by atoms with E-state index in [2.05, 4.69) is 0 Å². The lowest BCUT2D eigenvalue weighted by Gasteiger charge is -2.32. The van der Waals surface area contributed by atoms with Crippen molar-refractivity contribution in [3.63, 3.8) is 0 Å². The molecule has 0 radical (unpaired) electrons. The van der Waals surface area contributed by atoms with Crippen LogP contribution in [0, 0.1) is 5.92 Å². The molecule has 0 unspecified atom stereocenters. The van der Waals surface area contributed by atoms with Crippen molar-refractivity contribution in [2.45, 2.75) is 31.6 Å². The summed E-state index contributed by atoms with van der Waals surface area (Å²) in [5.41, 5.74) is -2.54. The summed E-state index contributed by atoms with van der Waals surface area (Å²) in [5, 5.41) is 0. The zero-order chi connectivity index (χ0) is 18.4. The van der Waals surface area contributed by atoms with Crippen LogP contribution >= 0.6 is 0 Å². The molecule has 4 rings (SSSR count). The molecule has 9 heteroatoms. The number of hydrogen-bond donors (Lipinski definition) is 0. The Hall–Kier alpha value is -2.32. The molecule has 2 bridgehead atoms. The maximum absolute atomic E-state index is 12.8. The van der Waals surface area contributed by atoms with Gasteiger partial charge in [0.25, 0.3) is 5.56 Å². The Balaban J connectivity index is 1.80. The van der Waals surface area contributed by atoms with Crippen molar-refractivity contribution in [3.05, 3.63) is 34.2 Å². The molecule has 3 fully saturated rings. The van der Waals surface area contributed by atoms with E-state index in [0.717, 1.165) is 17.1 Å². The Bertz CT molecular complexity index is 759. The number of carbonyl (C=O) groups is 2. The van der Waals surface area contributed by atoms with E-state index in [-0.39, 0.29) is 24.4 Å². The van der Waals surface area contributed by atoms with E-state index in [4.69, 9.17) is 0 Å². The van der Waals surface area contributed by atoms with Crippen molar-refractivity contribution < 1.29 is 22.8 Å². The monoisotopic (exact) mass is 357 g/mol. The van der Waals surface area contributed by atoms with E-state index >= 15 is 0 Å². The second-order valence-electron chi connectivity index (χ2n) is 6.53. The summed E-state index contributed by atoms with van der Waals surface area (Å²) in [6, 6.07) is 1.71. The van der Waals surface area contributed by atoms with Gasteiger partial charge in [-0.3, -0.25) is 14.4 Å². The number of aromatic nitrogens is 1. The summed E-state index contributed by atoms with van der Waals surface area (Å²) in [5.74, 6) is -0.754. The number of likely N-dealkylation sites (N-methyl/N-ethyl adjacent to an activating group) is 1. The zero-order valence-corrected chi connectivity index (χ0v) is 13.6. The number of carbonyl (C=O) groups excluding carboxylic acids is 2. The Morgan fingerprint density at radius 3 is 2.64 bits per heavy atom. The molecular formula is C16H18F3N3O3. The van der Waals surface area contributed by atoms with E-state index in [0.29, 0.717) is 19.0 Å². The third-order valence-corrected chi connectivity index (χ3v) is 4.95. The first-order chi connectivity index (χ1) is 11.7. The van der Waals surface area contributed by atoms with Crippen LogP contribution < -0.4 is 5.56 Å². The highest BCUT2D eigenvalue weighted by Crippen LogP contribution is 2.28. The lowest BCUT2D eigenvalue weighted by molar-refractivity contribution is -0.140. The summed E-state index contributed by atoms with van der Waals surface area (Å²) in [6.07, 6.45) is -2.11. The normalized spacial score (nSPS) is 23.8. The molecule has 1 aromatic heterocycles. The van der Waals surface area contributed by atoms with Gasteiger partial charge >= 0.3 is 6.18 Å². The van der Waals surface area contributed by atoms with Gasteiger partial charge in [-0.15, -0.1) is 0 Å². The number of fused-ring (bicyclic) bond motifs is 4. The van der Waals surface area contributed by atoms with Crippen molar-refractivity contribution in [1.82, 2.24) is 14.4 Å². The molecule has 6 nitrogen and oxygen atoms in total. The highest BCUT2D eigenvalue weighted by Gasteiger charge is 2.40. The van der Waals surface area contributed by atoms with Gasteiger partial charge in [-0.1, -0.05) is 0 Å². The molecular weight excluding hydrogens is 339 g/mol. The first-order valence-corrected chi connectivity index (χ1v) is 7.99. The number of pyridine rings is 1. The number of hydrogen-bond acceptors (Lipinski definition) is 3. The van der Waals surface area contributed by atoms with Crippen LogP contribution in [-0.4, -0.2) is 52.4 Å². The number of piperidine rings is 1. The highest BCUT2D eigenvalue weighted by molar-refractivity contribution is 5.83. The average Bonchev–Trinajstić information content (AvgIpc) is 2.82. The van der Waals surface area contributed by atoms with Crippen LogP contribution in [-0.2, 0) is 22.3 Å². The molecule has 0 saturated carbocycles. The standard InChI is InChI=1S/C16H18F3N3O3/c1-20-11-5-4-10(14(20)24)7-22(8-11)13(23)9-21-6-2-3-12(15(21)25)16(17,18)19/h2-3,6,10-11H,4-5,7-9H2,1H3/t10-,11+/m1/s1. The van der Waals surface area contributed by atoms with Gasteiger partial charge in [0.05, 0.1) is 5.92 Å². The SMILES string of the molecule is CN1C(=O)[C@@H]2CC[C@H]1CN(C(=O)Cn1cccc(C(F)(F)F)c1=O)C2. The molecule has 0 aliphatic carbocycles. The minimum atomic E-state index is -4.76. The molecule has 3 aliphatic heterocycles. The summed E-state index contributed by atoms with van der Waals surface area (Å²) in [6.45, 7) is 0.109. The van der Waals surface area contributed by atoms with E-state index < -0.39 is 29.8 Å². The number of halogens is 3. The van der Waals surface area contributed by atoms with E-state index in [1.165, 1.54) is 11.1 Å². The first kappa shape index (κ1) is 17.5. The zero-order valence-electron chi connectivity index (χ0n) is 13.6. The number of nitrogens with zero attached hydrogens (tertiary/aromatic N) is 3. The third-order valence-electron chi connectivity index (χ3n) is 4.95. The predicted molar refractivity (Wildman–Crippen MR) is 81.6 cm³/mol. The molecule has 136 valence electrons. The summed E-state index contributed by atoms with van der Waals surface area (Å²) >= 11 is 0. The summed E-state index contributed by atoms with van der Waals surface area (Å²) in [4.78, 5) is 39.7. The fourth-order valence-corrected chi connectivity index (χ4v) is 3.48. The van der Waals surface area contributed by atoms with Crippen LogP contribution in [0.5, 0.6) is 0 Å². The minimum absolute atomic E-state index is 0.0113. The summed E-state index contributed by atoms with van der Waals surface area (Å²) < 4.78 is 39.2. The van der Waals surface area contributed by atoms with Crippen molar-refractivity contribution in [2.75, 3.05) is 20.1 Å². The fraction of sp³-hybridized carbons (Fsp3) is 0.562. The van der Waals surface area contributed by atoms with Crippen LogP contribution in [0.1, 0.15) is 18.4 Å². The van der Waals surface area contributed by atoms with Crippen LogP contribution in [0.15, 0.2) is 23.1 Å². The van der Waals surface area contributed by atoms with Crippen molar-refractivity contribution >= 4 is 11.8 Å². The lowest BCUT2D eigenvalue weighted by Crippen LogP contribution is -2.45. The highest BCUT2D eigenvalue weighted by atomic mass is 19.4. The largest absolute Gasteiger partial charge is 0.421 e. The Kier molecular flexibility index (Phi) is 4.34. The van der Waals surface area contributed by atoms with Gasteiger partial charge in [0, 0.05) is 32.4 Å². The third kappa shape index (κ3) is 3.27. The van der Waals surface area contributed by atoms with Crippen LogP contribution in [0.4, 0.5) is 13.2 Å². The molecule has 2 atom stereocenters. The minimum Gasteiger partial charge on any atom is -0.341 e. The molecule has 3 saturated heterocycles. The molecule has 4 heterocycles. The van der Waals surface area contributed by atoms with Crippen LogP contribution in [0.25, 0.3) is 0 Å². The van der Waals surface area contributed by atoms with E-state index in [1.54, 1.807) is 11.9 Å². The Morgan fingerprint density at radius 2 is 1.96 bits per heavy atom. The maximum atomic E-state index is 12.8. The van der Waals surface area contributed by atoms with Gasteiger partial charge in [0.15, 0.2) is 0 Å². The van der Waals surface area contributed by atoms with Gasteiger partial charge < -0.3 is 14.4 Å². The van der Waals surface area contributed by atoms with Gasteiger partial charge in [-0.2, -0.15) is 13.2 Å². The number of amides is 2. The number of alkyl halides is 3. The molecule has 0 aromatic carbocycles. The van der Waals surface area contributed by atoms with Crippen molar-refractivity contribution in [2.24, 2.45) is 5.92 Å². The predicted octanol–water partition coefficient (Wildman–Crippen LogP) is 0.946. The first-order valence-electron chi connectivity index (χ1n) is 7.99. The van der Waals surface area contributed by atoms with E-state index in [1.807, 2.05) is 0 Å². The Labute approximate surface area is 141 Å². The van der Waals surface area contributed by atoms with Crippen LogP contribution in [0.3, 0.4) is 0 Å². The van der Waals surface area contributed by atoms with Crippen molar-refractivity contribution in [1.29, 1.82) is 0 Å². The smallest absolute Gasteiger partial charge is 0.341 e. The average molecular weight is 357 g/mol. The van der Waals surface area contributed by atoms with Gasteiger partial charge in [-0.25, -0.2) is 0 Å². The molecule has 0 N–H and O–H groups in total. The van der Waals surface area contributed by atoms with Crippen molar-refractivity contribution in [3.8, 4) is 0 Å². The van der Waals surface area contributed by atoms with Gasteiger partial charge in [-0.05, 0) is 25.0 Å². The van der Waals surface area contributed by atoms with E-state index in [9.17, 15) is 27.6 Å². The maximum Gasteiger partial charge on any atom is 0.421 e. The molecule has 0 spiro atoms.